The monoisotopic (exact) mass is 476 g/mol. The van der Waals surface area contributed by atoms with Crippen LogP contribution in [0, 0.1) is 0 Å². The number of fused-ring (bicyclic) bond motifs is 1. The zero-order valence-electron chi connectivity index (χ0n) is 20.9. The smallest absolute Gasteiger partial charge is 0.411 e. The van der Waals surface area contributed by atoms with Crippen molar-refractivity contribution >= 4 is 17.0 Å². The second-order valence-electron chi connectivity index (χ2n) is 9.55. The topological polar surface area (TPSA) is 70.1 Å². The Morgan fingerprint density at radius 1 is 1.09 bits per heavy atom. The van der Waals surface area contributed by atoms with E-state index in [9.17, 15) is 4.79 Å². The molecule has 2 heterocycles. The van der Waals surface area contributed by atoms with Gasteiger partial charge in [0.1, 0.15) is 29.0 Å². The van der Waals surface area contributed by atoms with Crippen LogP contribution in [0.5, 0.6) is 11.5 Å². The summed E-state index contributed by atoms with van der Waals surface area (Å²) in [5.41, 5.74) is 1.93. The molecule has 35 heavy (non-hydrogen) atoms. The SMILES string of the molecule is C=C(OC)[C@@H]1C[C@@H](Oc2cc(-c3ccccc3)nc3cc(OC)ccc23)CN1C(=O)OC(C)(C)C. The van der Waals surface area contributed by atoms with Gasteiger partial charge in [-0.2, -0.15) is 0 Å². The minimum Gasteiger partial charge on any atom is -0.500 e. The Kier molecular flexibility index (Phi) is 6.87. The van der Waals surface area contributed by atoms with Gasteiger partial charge < -0.3 is 18.9 Å². The van der Waals surface area contributed by atoms with Crippen LogP contribution in [-0.2, 0) is 9.47 Å². The molecule has 1 aliphatic rings. The maximum absolute atomic E-state index is 12.9. The zero-order chi connectivity index (χ0) is 25.2. The first kappa shape index (κ1) is 24.4. The van der Waals surface area contributed by atoms with Crippen LogP contribution >= 0.6 is 0 Å². The fraction of sp³-hybridized carbons (Fsp3) is 0.357. The number of methoxy groups -OCH3 is 2. The minimum atomic E-state index is -0.611. The van der Waals surface area contributed by atoms with E-state index in [1.165, 1.54) is 0 Å². The third-order valence-corrected chi connectivity index (χ3v) is 5.87. The van der Waals surface area contributed by atoms with Crippen LogP contribution in [0.3, 0.4) is 0 Å². The van der Waals surface area contributed by atoms with Gasteiger partial charge in [-0.25, -0.2) is 9.78 Å². The van der Waals surface area contributed by atoms with Crippen molar-refractivity contribution in [2.75, 3.05) is 20.8 Å². The van der Waals surface area contributed by atoms with E-state index in [1.54, 1.807) is 19.1 Å². The molecule has 2 aromatic carbocycles. The van der Waals surface area contributed by atoms with Gasteiger partial charge in [-0.1, -0.05) is 36.9 Å². The van der Waals surface area contributed by atoms with Gasteiger partial charge in [0.2, 0.25) is 0 Å². The molecule has 1 fully saturated rings. The number of ether oxygens (including phenoxy) is 4. The standard InChI is InChI=1S/C28H32N2O5/c1-18(32-5)25-15-21(17-30(25)27(31)35-28(2,3)4)34-26-16-23(19-10-8-7-9-11-19)29-24-14-20(33-6)12-13-22(24)26/h7-14,16,21,25H,1,15,17H2,2-6H3/t21-,25+/m1/s1. The van der Waals surface area contributed by atoms with E-state index in [4.69, 9.17) is 23.9 Å². The fourth-order valence-electron chi connectivity index (χ4n) is 4.18. The highest BCUT2D eigenvalue weighted by atomic mass is 16.6. The van der Waals surface area contributed by atoms with Crippen molar-refractivity contribution in [3.8, 4) is 22.8 Å². The Balaban J connectivity index is 1.68. The summed E-state index contributed by atoms with van der Waals surface area (Å²) in [6.07, 6.45) is -0.163. The first-order valence-electron chi connectivity index (χ1n) is 11.6. The predicted molar refractivity (Wildman–Crippen MR) is 136 cm³/mol. The van der Waals surface area contributed by atoms with E-state index < -0.39 is 11.7 Å². The van der Waals surface area contributed by atoms with Crippen molar-refractivity contribution in [3.63, 3.8) is 0 Å². The summed E-state index contributed by atoms with van der Waals surface area (Å²) in [5.74, 6) is 1.90. The van der Waals surface area contributed by atoms with Gasteiger partial charge in [-0.05, 0) is 32.9 Å². The molecule has 0 saturated carbocycles. The van der Waals surface area contributed by atoms with Gasteiger partial charge in [-0.15, -0.1) is 0 Å². The second-order valence-corrected chi connectivity index (χ2v) is 9.55. The number of carbonyl (C=O) groups excluding carboxylic acids is 1. The van der Waals surface area contributed by atoms with Gasteiger partial charge in [0.05, 0.1) is 38.0 Å². The number of benzene rings is 2. The van der Waals surface area contributed by atoms with Gasteiger partial charge in [0.15, 0.2) is 0 Å². The van der Waals surface area contributed by atoms with E-state index in [2.05, 4.69) is 6.58 Å². The lowest BCUT2D eigenvalue weighted by molar-refractivity contribution is 0.0201. The van der Waals surface area contributed by atoms with Crippen LogP contribution in [0.2, 0.25) is 0 Å². The van der Waals surface area contributed by atoms with Gasteiger partial charge in [-0.3, -0.25) is 4.90 Å². The van der Waals surface area contributed by atoms with E-state index >= 15 is 0 Å². The van der Waals surface area contributed by atoms with Crippen molar-refractivity contribution < 1.29 is 23.7 Å². The van der Waals surface area contributed by atoms with Gasteiger partial charge in [0, 0.05) is 29.5 Å². The highest BCUT2D eigenvalue weighted by Gasteiger charge is 2.41. The number of hydrogen-bond acceptors (Lipinski definition) is 6. The molecule has 3 aromatic rings. The molecule has 0 bridgehead atoms. The van der Waals surface area contributed by atoms with Gasteiger partial charge >= 0.3 is 6.09 Å². The second kappa shape index (κ2) is 9.86. The molecule has 184 valence electrons. The van der Waals surface area contributed by atoms with Crippen LogP contribution in [-0.4, -0.2) is 54.5 Å². The van der Waals surface area contributed by atoms with Crippen LogP contribution in [0.15, 0.2) is 66.9 Å². The maximum atomic E-state index is 12.9. The van der Waals surface area contributed by atoms with E-state index in [1.807, 2.05) is 75.4 Å². The zero-order valence-corrected chi connectivity index (χ0v) is 20.9. The van der Waals surface area contributed by atoms with Crippen molar-refractivity contribution in [2.24, 2.45) is 0 Å². The van der Waals surface area contributed by atoms with Crippen molar-refractivity contribution in [2.45, 2.75) is 44.9 Å². The molecule has 0 radical (unpaired) electrons. The number of hydrogen-bond donors (Lipinski definition) is 0. The molecule has 1 aliphatic heterocycles. The Labute approximate surface area is 206 Å². The number of likely N-dealkylation sites (tertiary alicyclic amines) is 1. The van der Waals surface area contributed by atoms with Crippen LogP contribution in [0.4, 0.5) is 4.79 Å². The quantitative estimate of drug-likeness (QED) is 0.417. The van der Waals surface area contributed by atoms with E-state index in [0.717, 1.165) is 27.9 Å². The molecule has 0 unspecified atom stereocenters. The number of aromatic nitrogens is 1. The fourth-order valence-corrected chi connectivity index (χ4v) is 4.18. The lowest BCUT2D eigenvalue weighted by atomic mass is 10.1. The van der Waals surface area contributed by atoms with Crippen molar-refractivity contribution in [3.05, 3.63) is 66.9 Å². The van der Waals surface area contributed by atoms with Crippen molar-refractivity contribution in [1.82, 2.24) is 9.88 Å². The molecule has 1 aromatic heterocycles. The van der Waals surface area contributed by atoms with Gasteiger partial charge in [0.25, 0.3) is 0 Å². The highest BCUT2D eigenvalue weighted by Crippen LogP contribution is 2.35. The molecule has 0 aliphatic carbocycles. The Bertz CT molecular complexity index is 1220. The average molecular weight is 477 g/mol. The summed E-state index contributed by atoms with van der Waals surface area (Å²) in [7, 11) is 3.19. The summed E-state index contributed by atoms with van der Waals surface area (Å²) in [4.78, 5) is 19.4. The average Bonchev–Trinajstić information content (AvgIpc) is 3.26. The molecule has 0 N–H and O–H groups in total. The largest absolute Gasteiger partial charge is 0.500 e. The first-order valence-corrected chi connectivity index (χ1v) is 11.6. The first-order chi connectivity index (χ1) is 16.7. The highest BCUT2D eigenvalue weighted by molar-refractivity contribution is 5.89. The molecule has 2 atom stereocenters. The number of rotatable bonds is 6. The third kappa shape index (κ3) is 5.50. The third-order valence-electron chi connectivity index (χ3n) is 5.87. The lowest BCUT2D eigenvalue weighted by Gasteiger charge is -2.28. The molecule has 1 amide bonds. The Hall–Kier alpha value is -3.74. The summed E-state index contributed by atoms with van der Waals surface area (Å²) in [5, 5.41) is 0.864. The minimum absolute atomic E-state index is 0.282. The van der Waals surface area contributed by atoms with Crippen LogP contribution < -0.4 is 9.47 Å². The maximum Gasteiger partial charge on any atom is 0.411 e. The number of nitrogens with zero attached hydrogens (tertiary/aromatic N) is 2. The molecule has 7 heteroatoms. The lowest BCUT2D eigenvalue weighted by Crippen LogP contribution is -2.41. The van der Waals surface area contributed by atoms with Crippen LogP contribution in [0.1, 0.15) is 27.2 Å². The summed E-state index contributed by atoms with van der Waals surface area (Å²) >= 11 is 0. The molecule has 0 spiro atoms. The number of amides is 1. The van der Waals surface area contributed by atoms with E-state index in [0.29, 0.717) is 24.5 Å². The predicted octanol–water partition coefficient (Wildman–Crippen LogP) is 5.83. The summed E-state index contributed by atoms with van der Waals surface area (Å²) < 4.78 is 23.0. The Morgan fingerprint density at radius 2 is 1.83 bits per heavy atom. The van der Waals surface area contributed by atoms with Crippen LogP contribution in [0.25, 0.3) is 22.2 Å². The molecule has 7 nitrogen and oxygen atoms in total. The van der Waals surface area contributed by atoms with E-state index in [-0.39, 0.29) is 12.1 Å². The molecule has 4 rings (SSSR count). The Morgan fingerprint density at radius 3 is 2.49 bits per heavy atom. The number of pyridine rings is 1. The molecular weight excluding hydrogens is 444 g/mol. The number of carbonyl (C=O) groups is 1. The summed E-state index contributed by atoms with van der Waals surface area (Å²) in [6.45, 7) is 9.88. The molecular formula is C28H32N2O5. The van der Waals surface area contributed by atoms with Crippen molar-refractivity contribution in [1.29, 1.82) is 0 Å². The molecule has 1 saturated heterocycles. The summed E-state index contributed by atoms with van der Waals surface area (Å²) in [6, 6.07) is 17.3. The normalized spacial score (nSPS) is 17.8.